The van der Waals surface area contributed by atoms with Crippen LogP contribution in [0.1, 0.15) is 187 Å². The lowest BCUT2D eigenvalue weighted by molar-refractivity contribution is -0.156. The Morgan fingerprint density at radius 1 is 0.580 bits per heavy atom. The van der Waals surface area contributed by atoms with Gasteiger partial charge in [-0.1, -0.05) is 110 Å². The van der Waals surface area contributed by atoms with Gasteiger partial charge in [0.1, 0.15) is 47.8 Å². The summed E-state index contributed by atoms with van der Waals surface area (Å²) in [5, 5.41) is 8.16. The van der Waals surface area contributed by atoms with Crippen LogP contribution in [-0.2, 0) is 70.1 Å². The van der Waals surface area contributed by atoms with E-state index in [1.165, 1.54) is 79.9 Å². The van der Waals surface area contributed by atoms with Crippen molar-refractivity contribution >= 4 is 82.5 Å². The summed E-state index contributed by atoms with van der Waals surface area (Å²) in [6.07, 6.45) is 5.98. The number of carbonyl (C=O) groups excluding carboxylic acids is 12. The van der Waals surface area contributed by atoms with E-state index in [4.69, 9.17) is 11.6 Å². The third-order valence-corrected chi connectivity index (χ3v) is 22.0. The number of nitrogens with zero attached hydrogens (tertiary/aromatic N) is 9. The molecule has 0 radical (unpaired) electrons. The Hall–Kier alpha value is -7.06. The molecule has 3 N–H and O–H groups in total. The van der Waals surface area contributed by atoms with Gasteiger partial charge in [-0.25, -0.2) is 0 Å². The van der Waals surface area contributed by atoms with Gasteiger partial charge in [0.25, 0.3) is 0 Å². The number of hydrogen-bond acceptors (Lipinski definition) is 12. The molecule has 0 unspecified atom stereocenters. The molecule has 6 aliphatic rings. The van der Waals surface area contributed by atoms with Crippen LogP contribution >= 0.6 is 11.6 Å². The molecule has 1 aromatic rings. The molecule has 3 saturated heterocycles. The maximum Gasteiger partial charge on any atom is 0.417 e. The molecule has 3 aliphatic carbocycles. The fourth-order valence-electron chi connectivity index (χ4n) is 15.7. The Bertz CT molecular complexity index is 3110. The zero-order valence-electron chi connectivity index (χ0n) is 60.7. The molecule has 558 valence electrons. The van der Waals surface area contributed by atoms with E-state index in [-0.39, 0.29) is 75.7 Å². The second-order valence-corrected chi connectivity index (χ2v) is 30.5. The Balaban J connectivity index is 1.28. The van der Waals surface area contributed by atoms with Crippen LogP contribution in [-0.4, -0.2) is 251 Å². The van der Waals surface area contributed by atoms with E-state index in [2.05, 4.69) is 16.0 Å². The van der Waals surface area contributed by atoms with Gasteiger partial charge in [0, 0.05) is 69.0 Å². The first-order valence-corrected chi connectivity index (χ1v) is 36.7. The molecule has 7 atom stereocenters. The van der Waals surface area contributed by atoms with Crippen molar-refractivity contribution in [3.05, 3.63) is 34.3 Å². The van der Waals surface area contributed by atoms with Crippen LogP contribution in [0.5, 0.6) is 0 Å². The van der Waals surface area contributed by atoms with Crippen LogP contribution in [0.25, 0.3) is 0 Å². The molecule has 1 aromatic carbocycles. The minimum absolute atomic E-state index is 0.0204. The van der Waals surface area contributed by atoms with E-state index in [9.17, 15) is 46.7 Å². The average molecular weight is 1430 g/mol. The maximum absolute atomic E-state index is 15.8. The van der Waals surface area contributed by atoms with Gasteiger partial charge >= 0.3 is 6.18 Å². The molecule has 12 amide bonds. The Morgan fingerprint density at radius 2 is 1.17 bits per heavy atom. The highest BCUT2D eigenvalue weighted by Gasteiger charge is 2.51. The monoisotopic (exact) mass is 1430 g/mol. The number of likely N-dealkylation sites (N-methyl/N-ethyl adjacent to an activating group) is 7. The van der Waals surface area contributed by atoms with Gasteiger partial charge in [0.2, 0.25) is 70.9 Å². The number of amides is 12. The molecule has 3 aliphatic heterocycles. The number of hydrogen-bond donors (Lipinski definition) is 3. The SMILES string of the molecule is CC(C)C[C@@H]1NC(=O)[C@H](CC(C)C)N(C)C(=O)C[C@H](C(=O)N2CCCC2)N(C)C(=O)[C@H](C2CCCCC2)N(C)C(=O)C2(CCCC2)NC(=O)[C@@H]2CCCN2C(=O)[C@H](CCc2ccc(C(F)(F)F)c(Cl)c2)NC(=O)CN(C)C(=O)[C@H](CC2CCCCC2)N(C)C(=O)CN(C)C(=O)CN(C)C1=O. The zero-order chi connectivity index (χ0) is 73.7. The van der Waals surface area contributed by atoms with Crippen molar-refractivity contribution < 1.29 is 70.7 Å². The zero-order valence-corrected chi connectivity index (χ0v) is 61.5. The molecular formula is C72H110ClF3N12O12. The minimum atomic E-state index is -4.76. The van der Waals surface area contributed by atoms with Crippen molar-refractivity contribution in [3.63, 3.8) is 0 Å². The molecule has 1 spiro atoms. The first-order valence-electron chi connectivity index (χ1n) is 36.3. The fourth-order valence-corrected chi connectivity index (χ4v) is 16.0. The van der Waals surface area contributed by atoms with Gasteiger partial charge in [-0.3, -0.25) is 57.5 Å². The molecule has 7 rings (SSSR count). The highest BCUT2D eigenvalue weighted by molar-refractivity contribution is 6.31. The van der Waals surface area contributed by atoms with Crippen molar-refractivity contribution in [2.45, 2.75) is 236 Å². The highest BCUT2D eigenvalue weighted by atomic mass is 35.5. The molecular weight excluding hydrogens is 1320 g/mol. The Kier molecular flexibility index (Phi) is 28.7. The van der Waals surface area contributed by atoms with E-state index >= 15 is 24.0 Å². The number of fused-ring (bicyclic) bond motifs is 1. The highest BCUT2D eigenvalue weighted by Crippen LogP contribution is 2.39. The summed E-state index contributed by atoms with van der Waals surface area (Å²) in [7, 11) is 10.0. The number of nitrogens with one attached hydrogen (secondary N) is 3. The average Bonchev–Trinajstić information content (AvgIpc) is 1.43. The van der Waals surface area contributed by atoms with Crippen LogP contribution in [0.15, 0.2) is 18.2 Å². The third kappa shape index (κ3) is 20.4. The molecule has 100 heavy (non-hydrogen) atoms. The first kappa shape index (κ1) is 80.3. The van der Waals surface area contributed by atoms with Crippen LogP contribution < -0.4 is 16.0 Å². The number of likely N-dealkylation sites (tertiary alicyclic amines) is 1. The van der Waals surface area contributed by atoms with Gasteiger partial charge in [0.05, 0.1) is 36.6 Å². The van der Waals surface area contributed by atoms with E-state index in [0.29, 0.717) is 63.6 Å². The van der Waals surface area contributed by atoms with E-state index in [1.807, 2.05) is 27.7 Å². The summed E-state index contributed by atoms with van der Waals surface area (Å²) in [4.78, 5) is 190. The minimum Gasteiger partial charge on any atom is -0.343 e. The quantitative estimate of drug-likeness (QED) is 0.229. The maximum atomic E-state index is 15.8. The number of rotatable bonds is 11. The Morgan fingerprint density at radius 3 is 1.77 bits per heavy atom. The van der Waals surface area contributed by atoms with Gasteiger partial charge in [0.15, 0.2) is 0 Å². The van der Waals surface area contributed by atoms with Crippen LogP contribution in [0.4, 0.5) is 13.2 Å². The van der Waals surface area contributed by atoms with Crippen molar-refractivity contribution in [3.8, 4) is 0 Å². The van der Waals surface area contributed by atoms with E-state index < -0.39 is 167 Å². The molecule has 28 heteroatoms. The van der Waals surface area contributed by atoms with Crippen LogP contribution in [0, 0.1) is 23.7 Å². The first-order chi connectivity index (χ1) is 47.1. The van der Waals surface area contributed by atoms with Crippen LogP contribution in [0.2, 0.25) is 5.02 Å². The fraction of sp³-hybridized carbons (Fsp3) is 0.750. The van der Waals surface area contributed by atoms with E-state index in [1.54, 1.807) is 4.90 Å². The molecule has 6 fully saturated rings. The Labute approximate surface area is 593 Å². The summed E-state index contributed by atoms with van der Waals surface area (Å²) in [6.45, 7) is 6.58. The number of alkyl halides is 3. The normalized spacial score (nSPS) is 26.6. The number of benzene rings is 1. The number of carbonyl (C=O) groups is 12. The molecule has 24 nitrogen and oxygen atoms in total. The summed E-state index contributed by atoms with van der Waals surface area (Å²) >= 11 is 6.16. The van der Waals surface area contributed by atoms with Gasteiger partial charge in [-0.05, 0) is 125 Å². The predicted octanol–water partition coefficient (Wildman–Crippen LogP) is 6.03. The summed E-state index contributed by atoms with van der Waals surface area (Å²) in [5.74, 6) is -8.35. The lowest BCUT2D eigenvalue weighted by atomic mass is 9.81. The lowest BCUT2D eigenvalue weighted by Crippen LogP contribution is -2.65. The van der Waals surface area contributed by atoms with Crippen molar-refractivity contribution in [2.24, 2.45) is 23.7 Å². The third-order valence-electron chi connectivity index (χ3n) is 21.6. The molecule has 0 aromatic heterocycles. The molecule has 0 bridgehead atoms. The van der Waals surface area contributed by atoms with E-state index in [0.717, 1.165) is 78.2 Å². The van der Waals surface area contributed by atoms with Crippen molar-refractivity contribution in [2.75, 3.05) is 88.6 Å². The second kappa shape index (κ2) is 35.7. The molecule has 3 heterocycles. The van der Waals surface area contributed by atoms with Crippen molar-refractivity contribution in [1.82, 2.24) is 60.0 Å². The van der Waals surface area contributed by atoms with Gasteiger partial charge in [-0.2, -0.15) is 13.2 Å². The van der Waals surface area contributed by atoms with Gasteiger partial charge in [-0.15, -0.1) is 0 Å². The predicted molar refractivity (Wildman–Crippen MR) is 369 cm³/mol. The number of aryl methyl sites for hydroxylation is 1. The number of halogens is 4. The smallest absolute Gasteiger partial charge is 0.343 e. The van der Waals surface area contributed by atoms with Crippen molar-refractivity contribution in [1.29, 1.82) is 0 Å². The van der Waals surface area contributed by atoms with Gasteiger partial charge < -0.3 is 60.0 Å². The molecule has 3 saturated carbocycles. The summed E-state index contributed by atoms with van der Waals surface area (Å²) in [5.41, 5.74) is -2.33. The summed E-state index contributed by atoms with van der Waals surface area (Å²) in [6, 6.07) is -5.49. The standard InChI is InChI=1S/C72H110ClF3N12O12/c1-45(2)37-53-65(95)82(7)43-60(91)80(5)44-61(92)84(9)56(40-47-23-14-12-15-24-47)67(97)81(6)42-58(89)77-52(31-29-48-28-30-50(51(73)39-48)72(74,75)76)66(96)88-36-22-27-54(88)64(94)79-71(32-18-19-33-71)70(100)86(11)62(49-25-16-13-17-26-49)69(99)85(10)57(68(98)87-34-20-21-35-87)41-59(90)83(8)55(38-46(3)4)63(93)78-53/h28,30,39,45-47,49,52-57,62H,12-27,29,31-38,40-44H2,1-11H3,(H,77,89)(H,78,93)(H,79,94)/t52-,53-,54-,55-,56-,57+,62-/m0/s1. The lowest BCUT2D eigenvalue weighted by Gasteiger charge is -2.43. The summed E-state index contributed by atoms with van der Waals surface area (Å²) < 4.78 is 41.6. The van der Waals surface area contributed by atoms with Crippen LogP contribution in [0.3, 0.4) is 0 Å². The topological polar surface area (TPSA) is 270 Å². The largest absolute Gasteiger partial charge is 0.417 e. The second-order valence-electron chi connectivity index (χ2n) is 30.1.